The molecule has 1 aromatic heterocycles. The minimum atomic E-state index is -3.75. The molecular formula is C14H14ClN3O2S. The summed E-state index contributed by atoms with van der Waals surface area (Å²) in [5.74, 6) is 0. The number of nitrogens with two attached hydrogens (primary N) is 1. The second-order valence-corrected chi connectivity index (χ2v) is 6.94. The molecule has 0 saturated heterocycles. The van der Waals surface area contributed by atoms with Crippen LogP contribution >= 0.6 is 11.6 Å². The Bertz CT molecular complexity index is 793. The number of hydrogen-bond donors (Lipinski definition) is 2. The molecule has 0 fully saturated rings. The summed E-state index contributed by atoms with van der Waals surface area (Å²) in [4.78, 5) is 4.42. The summed E-state index contributed by atoms with van der Waals surface area (Å²) in [7, 11) is -3.75. The van der Waals surface area contributed by atoms with E-state index in [1.165, 1.54) is 23.8 Å². The van der Waals surface area contributed by atoms with Crippen LogP contribution in [0.4, 0.5) is 5.69 Å². The topological polar surface area (TPSA) is 85.1 Å². The molecule has 0 radical (unpaired) electrons. The van der Waals surface area contributed by atoms with Crippen molar-refractivity contribution in [2.24, 2.45) is 5.14 Å². The van der Waals surface area contributed by atoms with E-state index in [2.05, 4.69) is 10.3 Å². The minimum Gasteiger partial charge on any atom is -0.375 e. The molecule has 1 aliphatic carbocycles. The molecule has 1 heterocycles. The number of aromatic nitrogens is 1. The number of nitrogens with zero attached hydrogens (tertiary/aromatic N) is 1. The fourth-order valence-electron chi connectivity index (χ4n) is 2.53. The Morgan fingerprint density at radius 2 is 2.14 bits per heavy atom. The van der Waals surface area contributed by atoms with Gasteiger partial charge in [-0.3, -0.25) is 4.98 Å². The van der Waals surface area contributed by atoms with Gasteiger partial charge in [-0.1, -0.05) is 17.7 Å². The lowest BCUT2D eigenvalue weighted by Crippen LogP contribution is -2.14. The van der Waals surface area contributed by atoms with Gasteiger partial charge in [-0.05, 0) is 42.7 Å². The zero-order chi connectivity index (χ0) is 15.0. The molecule has 0 bridgehead atoms. The first-order chi connectivity index (χ1) is 9.95. The average molecular weight is 324 g/mol. The number of rotatable bonds is 3. The molecule has 7 heteroatoms. The lowest BCUT2D eigenvalue weighted by atomic mass is 10.2. The number of halogens is 1. The summed E-state index contributed by atoms with van der Waals surface area (Å²) in [6.45, 7) is 0. The van der Waals surface area contributed by atoms with Gasteiger partial charge in [0.05, 0.1) is 27.3 Å². The molecule has 3 rings (SSSR count). The van der Waals surface area contributed by atoms with Crippen molar-refractivity contribution >= 4 is 27.3 Å². The fraction of sp³-hybridized carbons (Fsp3) is 0.214. The number of primary sulfonamides is 1. The van der Waals surface area contributed by atoms with Gasteiger partial charge >= 0.3 is 0 Å². The van der Waals surface area contributed by atoms with Crippen LogP contribution in [-0.2, 0) is 16.4 Å². The van der Waals surface area contributed by atoms with Gasteiger partial charge in [0.25, 0.3) is 0 Å². The summed E-state index contributed by atoms with van der Waals surface area (Å²) < 4.78 is 22.9. The lowest BCUT2D eigenvalue weighted by Gasteiger charge is -2.16. The molecule has 1 aromatic carbocycles. The number of fused-ring (bicyclic) bond motifs is 1. The van der Waals surface area contributed by atoms with E-state index in [4.69, 9.17) is 16.7 Å². The summed E-state index contributed by atoms with van der Waals surface area (Å²) in [5.41, 5.74) is 2.73. The molecule has 1 atom stereocenters. The van der Waals surface area contributed by atoms with Crippen molar-refractivity contribution in [3.05, 3.63) is 52.8 Å². The van der Waals surface area contributed by atoms with Gasteiger partial charge in [0, 0.05) is 6.20 Å². The molecule has 5 nitrogen and oxygen atoms in total. The van der Waals surface area contributed by atoms with Gasteiger partial charge in [-0.2, -0.15) is 0 Å². The summed E-state index contributed by atoms with van der Waals surface area (Å²) in [5, 5.41) is 8.86. The molecule has 21 heavy (non-hydrogen) atoms. The van der Waals surface area contributed by atoms with E-state index >= 15 is 0 Å². The number of benzene rings is 1. The Labute approximate surface area is 128 Å². The first-order valence-corrected chi connectivity index (χ1v) is 8.40. The highest BCUT2D eigenvalue weighted by Crippen LogP contribution is 2.34. The molecule has 0 spiro atoms. The van der Waals surface area contributed by atoms with Crippen molar-refractivity contribution in [3.8, 4) is 0 Å². The SMILES string of the molecule is NS(=O)(=O)c1ccc(Cl)c(NC2CCc3cccnc32)c1. The van der Waals surface area contributed by atoms with Crippen LogP contribution in [0, 0.1) is 0 Å². The van der Waals surface area contributed by atoms with Gasteiger partial charge < -0.3 is 5.32 Å². The van der Waals surface area contributed by atoms with Gasteiger partial charge in [0.1, 0.15) is 0 Å². The molecule has 0 amide bonds. The molecule has 1 unspecified atom stereocenters. The third-order valence-corrected chi connectivity index (χ3v) is 4.80. The molecule has 0 saturated carbocycles. The van der Waals surface area contributed by atoms with Gasteiger partial charge in [-0.25, -0.2) is 13.6 Å². The standard InChI is InChI=1S/C14H14ClN3O2S/c15-11-5-4-10(21(16,19)20)8-13(11)18-12-6-3-9-2-1-7-17-14(9)12/h1-2,4-5,7-8,12,18H,3,6H2,(H2,16,19,20). The fourth-order valence-corrected chi connectivity index (χ4v) is 3.24. The van der Waals surface area contributed by atoms with Crippen LogP contribution in [0.1, 0.15) is 23.7 Å². The van der Waals surface area contributed by atoms with Crippen molar-refractivity contribution in [1.82, 2.24) is 4.98 Å². The van der Waals surface area contributed by atoms with Crippen molar-refractivity contribution in [2.75, 3.05) is 5.32 Å². The molecule has 0 aliphatic heterocycles. The third-order valence-electron chi connectivity index (χ3n) is 3.55. The van der Waals surface area contributed by atoms with Gasteiger partial charge in [0.15, 0.2) is 0 Å². The van der Waals surface area contributed by atoms with Crippen molar-refractivity contribution in [2.45, 2.75) is 23.8 Å². The highest BCUT2D eigenvalue weighted by molar-refractivity contribution is 7.89. The van der Waals surface area contributed by atoms with Crippen molar-refractivity contribution in [1.29, 1.82) is 0 Å². The Morgan fingerprint density at radius 3 is 2.90 bits per heavy atom. The maximum absolute atomic E-state index is 11.4. The van der Waals surface area contributed by atoms with Crippen molar-refractivity contribution < 1.29 is 8.42 Å². The maximum Gasteiger partial charge on any atom is 0.238 e. The normalized spacial score (nSPS) is 17.5. The third kappa shape index (κ3) is 2.88. The smallest absolute Gasteiger partial charge is 0.238 e. The van der Waals surface area contributed by atoms with Crippen LogP contribution in [-0.4, -0.2) is 13.4 Å². The summed E-state index contributed by atoms with van der Waals surface area (Å²) in [6.07, 6.45) is 3.58. The Hall–Kier alpha value is -1.63. The largest absolute Gasteiger partial charge is 0.375 e. The van der Waals surface area contributed by atoms with E-state index in [1.54, 1.807) is 6.20 Å². The predicted molar refractivity (Wildman–Crippen MR) is 81.7 cm³/mol. The van der Waals surface area contributed by atoms with Crippen molar-refractivity contribution in [3.63, 3.8) is 0 Å². The maximum atomic E-state index is 11.4. The lowest BCUT2D eigenvalue weighted by molar-refractivity contribution is 0.598. The van der Waals surface area contributed by atoms with Crippen LogP contribution < -0.4 is 10.5 Å². The summed E-state index contributed by atoms with van der Waals surface area (Å²) >= 11 is 6.13. The number of anilines is 1. The van der Waals surface area contributed by atoms with Crippen LogP contribution in [0.25, 0.3) is 0 Å². The molecule has 3 N–H and O–H groups in total. The van der Waals surface area contributed by atoms with Crippen LogP contribution in [0.3, 0.4) is 0 Å². The van der Waals surface area contributed by atoms with E-state index in [1.807, 2.05) is 12.1 Å². The highest BCUT2D eigenvalue weighted by Gasteiger charge is 2.24. The Kier molecular flexibility index (Phi) is 3.61. The molecular weight excluding hydrogens is 310 g/mol. The number of aryl methyl sites for hydroxylation is 1. The van der Waals surface area contributed by atoms with E-state index in [9.17, 15) is 8.42 Å². The summed E-state index contributed by atoms with van der Waals surface area (Å²) in [6, 6.07) is 8.36. The zero-order valence-corrected chi connectivity index (χ0v) is 12.7. The monoisotopic (exact) mass is 323 g/mol. The molecule has 110 valence electrons. The first kappa shape index (κ1) is 14.3. The van der Waals surface area contributed by atoms with E-state index < -0.39 is 10.0 Å². The first-order valence-electron chi connectivity index (χ1n) is 6.48. The van der Waals surface area contributed by atoms with E-state index in [0.29, 0.717) is 10.7 Å². The average Bonchev–Trinajstić information content (AvgIpc) is 2.83. The van der Waals surface area contributed by atoms with E-state index in [0.717, 1.165) is 18.5 Å². The minimum absolute atomic E-state index is 0.0226. The van der Waals surface area contributed by atoms with Gasteiger partial charge in [-0.15, -0.1) is 0 Å². The number of nitrogens with one attached hydrogen (secondary N) is 1. The zero-order valence-electron chi connectivity index (χ0n) is 11.1. The quantitative estimate of drug-likeness (QED) is 0.908. The number of pyridine rings is 1. The second-order valence-electron chi connectivity index (χ2n) is 4.97. The Morgan fingerprint density at radius 1 is 1.33 bits per heavy atom. The molecule has 1 aliphatic rings. The Balaban J connectivity index is 1.93. The number of sulfonamides is 1. The number of hydrogen-bond acceptors (Lipinski definition) is 4. The van der Waals surface area contributed by atoms with Crippen LogP contribution in [0.2, 0.25) is 5.02 Å². The highest BCUT2D eigenvalue weighted by atomic mass is 35.5. The van der Waals surface area contributed by atoms with Crippen LogP contribution in [0.15, 0.2) is 41.4 Å². The van der Waals surface area contributed by atoms with Crippen LogP contribution in [0.5, 0.6) is 0 Å². The predicted octanol–water partition coefficient (Wildman–Crippen LogP) is 2.48. The second kappa shape index (κ2) is 5.29. The molecule has 2 aromatic rings. The van der Waals surface area contributed by atoms with Gasteiger partial charge in [0.2, 0.25) is 10.0 Å². The van der Waals surface area contributed by atoms with E-state index in [-0.39, 0.29) is 10.9 Å².